The summed E-state index contributed by atoms with van der Waals surface area (Å²) < 4.78 is 0. The maximum Gasteiger partial charge on any atom is 0.0631 e. The summed E-state index contributed by atoms with van der Waals surface area (Å²) in [5.41, 5.74) is 7.12. The maximum atomic E-state index is 9.42. The van der Waals surface area contributed by atoms with Gasteiger partial charge in [-0.3, -0.25) is 0 Å². The summed E-state index contributed by atoms with van der Waals surface area (Å²) >= 11 is 1.69. The van der Waals surface area contributed by atoms with E-state index in [9.17, 15) is 5.11 Å². The van der Waals surface area contributed by atoms with Crippen molar-refractivity contribution in [3.63, 3.8) is 0 Å². The minimum Gasteiger partial charge on any atom is -0.392 e. The summed E-state index contributed by atoms with van der Waals surface area (Å²) in [6.07, 6.45) is 0.666. The molecule has 1 aromatic rings. The smallest absolute Gasteiger partial charge is 0.0631 e. The first-order valence-corrected chi connectivity index (χ1v) is 6.62. The third-order valence-electron chi connectivity index (χ3n) is 2.75. The molecule has 0 bridgehead atoms. The predicted molar refractivity (Wildman–Crippen MR) is 70.7 cm³/mol. The van der Waals surface area contributed by atoms with Gasteiger partial charge in [-0.15, -0.1) is 11.8 Å². The largest absolute Gasteiger partial charge is 0.392 e. The fourth-order valence-electron chi connectivity index (χ4n) is 1.34. The zero-order valence-corrected chi connectivity index (χ0v) is 11.0. The number of thioether (sulfide) groups is 1. The van der Waals surface area contributed by atoms with Crippen molar-refractivity contribution in [2.45, 2.75) is 49.5 Å². The molecule has 3 N–H and O–H groups in total. The molecule has 0 aliphatic heterocycles. The Morgan fingerprint density at radius 1 is 1.25 bits per heavy atom. The summed E-state index contributed by atoms with van der Waals surface area (Å²) in [5.74, 6) is 0. The van der Waals surface area contributed by atoms with Crippen LogP contribution in [0.2, 0.25) is 0 Å². The van der Waals surface area contributed by atoms with Crippen molar-refractivity contribution < 1.29 is 5.11 Å². The molecule has 2 unspecified atom stereocenters. The molecule has 0 radical (unpaired) electrons. The molecule has 0 fully saturated rings. The Morgan fingerprint density at radius 2 is 1.81 bits per heavy atom. The highest BCUT2D eigenvalue weighted by atomic mass is 32.2. The van der Waals surface area contributed by atoms with Gasteiger partial charge in [-0.05, 0) is 31.0 Å². The van der Waals surface area contributed by atoms with Crippen molar-refractivity contribution >= 4 is 11.8 Å². The van der Waals surface area contributed by atoms with E-state index in [-0.39, 0.29) is 17.4 Å². The zero-order chi connectivity index (χ0) is 12.1. The number of rotatable bonds is 5. The summed E-state index contributed by atoms with van der Waals surface area (Å²) in [6.45, 7) is 5.93. The van der Waals surface area contributed by atoms with E-state index in [2.05, 4.69) is 31.2 Å². The average Bonchev–Trinajstić information content (AvgIpc) is 2.28. The number of aliphatic hydroxyl groups excluding tert-OH is 1. The molecule has 16 heavy (non-hydrogen) atoms. The third kappa shape index (κ3) is 3.81. The minimum atomic E-state index is -0.289. The van der Waals surface area contributed by atoms with Gasteiger partial charge in [-0.2, -0.15) is 0 Å². The summed E-state index contributed by atoms with van der Waals surface area (Å²) in [5, 5.41) is 9.64. The molecule has 2 nitrogen and oxygen atoms in total. The van der Waals surface area contributed by atoms with E-state index >= 15 is 0 Å². The van der Waals surface area contributed by atoms with Gasteiger partial charge in [0.25, 0.3) is 0 Å². The molecular weight excluding hydrogens is 218 g/mol. The maximum absolute atomic E-state index is 9.42. The molecule has 0 aliphatic carbocycles. The highest BCUT2D eigenvalue weighted by Gasteiger charge is 2.10. The van der Waals surface area contributed by atoms with Crippen LogP contribution in [0.25, 0.3) is 0 Å². The van der Waals surface area contributed by atoms with E-state index in [1.165, 1.54) is 10.5 Å². The molecule has 0 aromatic heterocycles. The van der Waals surface area contributed by atoms with Gasteiger partial charge >= 0.3 is 0 Å². The van der Waals surface area contributed by atoms with E-state index in [1.807, 2.05) is 13.8 Å². The molecule has 0 heterocycles. The summed E-state index contributed by atoms with van der Waals surface area (Å²) in [6, 6.07) is 8.44. The highest BCUT2D eigenvalue weighted by Crippen LogP contribution is 2.26. The van der Waals surface area contributed by atoms with Crippen LogP contribution in [-0.2, 0) is 0 Å². The molecular formula is C13H21NOS. The van der Waals surface area contributed by atoms with Crippen molar-refractivity contribution in [3.05, 3.63) is 29.8 Å². The second kappa shape index (κ2) is 6.28. The van der Waals surface area contributed by atoms with E-state index in [0.717, 1.165) is 6.42 Å². The van der Waals surface area contributed by atoms with Gasteiger partial charge in [0.1, 0.15) is 0 Å². The first-order chi connectivity index (χ1) is 7.54. The minimum absolute atomic E-state index is 0.133. The van der Waals surface area contributed by atoms with Gasteiger partial charge in [0.05, 0.1) is 6.10 Å². The Bertz CT molecular complexity index is 310. The fourth-order valence-corrected chi connectivity index (χ4v) is 2.26. The van der Waals surface area contributed by atoms with Crippen LogP contribution < -0.4 is 5.73 Å². The lowest BCUT2D eigenvalue weighted by Gasteiger charge is -2.15. The SMILES string of the molecule is CC[C@H](N)c1ccc(SC(C)C(C)O)cc1. The number of nitrogens with two attached hydrogens (primary N) is 1. The van der Waals surface area contributed by atoms with Gasteiger partial charge in [0.2, 0.25) is 0 Å². The third-order valence-corrected chi connectivity index (χ3v) is 4.06. The van der Waals surface area contributed by atoms with Crippen LogP contribution in [0.1, 0.15) is 38.8 Å². The molecule has 90 valence electrons. The second-order valence-electron chi connectivity index (χ2n) is 4.15. The molecule has 3 atom stereocenters. The Morgan fingerprint density at radius 3 is 2.25 bits per heavy atom. The fraction of sp³-hybridized carbons (Fsp3) is 0.538. The molecule has 0 saturated heterocycles. The molecule has 0 saturated carbocycles. The van der Waals surface area contributed by atoms with Gasteiger partial charge < -0.3 is 10.8 Å². The number of hydrogen-bond acceptors (Lipinski definition) is 3. The van der Waals surface area contributed by atoms with Crippen molar-refractivity contribution in [2.75, 3.05) is 0 Å². The van der Waals surface area contributed by atoms with E-state index < -0.39 is 0 Å². The lowest BCUT2D eigenvalue weighted by molar-refractivity contribution is 0.196. The number of benzene rings is 1. The van der Waals surface area contributed by atoms with Crippen LogP contribution in [0, 0.1) is 0 Å². The molecule has 0 spiro atoms. The quantitative estimate of drug-likeness (QED) is 0.777. The van der Waals surface area contributed by atoms with Crippen LogP contribution in [-0.4, -0.2) is 16.5 Å². The zero-order valence-electron chi connectivity index (χ0n) is 10.2. The summed E-state index contributed by atoms with van der Waals surface area (Å²) in [7, 11) is 0. The average molecular weight is 239 g/mol. The first kappa shape index (κ1) is 13.6. The van der Waals surface area contributed by atoms with Crippen molar-refractivity contribution in [1.82, 2.24) is 0 Å². The van der Waals surface area contributed by atoms with Gasteiger partial charge in [-0.1, -0.05) is 26.0 Å². The lowest BCUT2D eigenvalue weighted by atomic mass is 10.1. The van der Waals surface area contributed by atoms with Crippen molar-refractivity contribution in [1.29, 1.82) is 0 Å². The van der Waals surface area contributed by atoms with Crippen LogP contribution in [0.4, 0.5) is 0 Å². The molecule has 3 heteroatoms. The summed E-state index contributed by atoms with van der Waals surface area (Å²) in [4.78, 5) is 1.18. The second-order valence-corrected chi connectivity index (χ2v) is 5.60. The normalized spacial score (nSPS) is 16.8. The number of aliphatic hydroxyl groups is 1. The Kier molecular flexibility index (Phi) is 5.32. The predicted octanol–water partition coefficient (Wildman–Crippen LogP) is 2.96. The number of hydrogen-bond donors (Lipinski definition) is 2. The van der Waals surface area contributed by atoms with E-state index in [1.54, 1.807) is 11.8 Å². The van der Waals surface area contributed by atoms with Crippen LogP contribution in [0.3, 0.4) is 0 Å². The van der Waals surface area contributed by atoms with Crippen molar-refractivity contribution in [2.24, 2.45) is 5.73 Å². The van der Waals surface area contributed by atoms with E-state index in [4.69, 9.17) is 5.73 Å². The lowest BCUT2D eigenvalue weighted by Crippen LogP contribution is -2.14. The topological polar surface area (TPSA) is 46.2 Å². The first-order valence-electron chi connectivity index (χ1n) is 5.74. The van der Waals surface area contributed by atoms with Gasteiger partial charge in [0, 0.05) is 16.2 Å². The van der Waals surface area contributed by atoms with Crippen LogP contribution in [0.15, 0.2) is 29.2 Å². The van der Waals surface area contributed by atoms with Gasteiger partial charge in [0.15, 0.2) is 0 Å². The molecule has 1 rings (SSSR count). The molecule has 0 aliphatic rings. The van der Waals surface area contributed by atoms with Gasteiger partial charge in [-0.25, -0.2) is 0 Å². The Hall–Kier alpha value is -0.510. The van der Waals surface area contributed by atoms with Crippen LogP contribution in [0.5, 0.6) is 0 Å². The Labute approximate surface area is 102 Å². The highest BCUT2D eigenvalue weighted by molar-refractivity contribution is 8.00. The van der Waals surface area contributed by atoms with E-state index in [0.29, 0.717) is 0 Å². The van der Waals surface area contributed by atoms with Crippen LogP contribution >= 0.6 is 11.8 Å². The molecule has 1 aromatic carbocycles. The monoisotopic (exact) mass is 239 g/mol. The standard InChI is InChI=1S/C13H21NOS/c1-4-13(14)11-5-7-12(8-6-11)16-10(3)9(2)15/h5-10,13,15H,4,14H2,1-3H3/t9?,10?,13-/m0/s1. The van der Waals surface area contributed by atoms with Crippen molar-refractivity contribution in [3.8, 4) is 0 Å². The molecule has 0 amide bonds. The Balaban J connectivity index is 2.64.